The monoisotopic (exact) mass is 393 g/mol. The van der Waals surface area contributed by atoms with Gasteiger partial charge in [0.1, 0.15) is 5.75 Å². The van der Waals surface area contributed by atoms with Crippen molar-refractivity contribution in [1.82, 2.24) is 0 Å². The number of nitrogens with one attached hydrogen (secondary N) is 1. The summed E-state index contributed by atoms with van der Waals surface area (Å²) in [5.74, 6) is -0.346. The van der Waals surface area contributed by atoms with Crippen LogP contribution in [-0.2, 0) is 14.3 Å². The lowest BCUT2D eigenvalue weighted by Crippen LogP contribution is -2.25. The highest BCUT2D eigenvalue weighted by molar-refractivity contribution is 7.08. The fourth-order valence-electron chi connectivity index (χ4n) is 2.47. The maximum absolute atomic E-state index is 12.8. The highest BCUT2D eigenvalue weighted by atomic mass is 32.1. The third kappa shape index (κ3) is 5.31. The molecule has 0 radical (unpaired) electrons. The number of carbonyl (C=O) groups is 2. The van der Waals surface area contributed by atoms with Crippen LogP contribution < -0.4 is 10.1 Å². The number of hydrogen-bond acceptors (Lipinski definition) is 5. The molecule has 0 aliphatic carbocycles. The van der Waals surface area contributed by atoms with Crippen LogP contribution in [0.2, 0.25) is 0 Å². The molecule has 3 rings (SSSR count). The second-order valence-corrected chi connectivity index (χ2v) is 6.62. The lowest BCUT2D eigenvalue weighted by Gasteiger charge is -2.17. The van der Waals surface area contributed by atoms with Crippen LogP contribution in [0.3, 0.4) is 0 Å². The molecule has 1 amide bonds. The second kappa shape index (κ2) is 9.53. The zero-order chi connectivity index (χ0) is 19.8. The quantitative estimate of drug-likeness (QED) is 0.467. The Morgan fingerprint density at radius 3 is 2.43 bits per heavy atom. The number of ether oxygens (including phenoxy) is 2. The van der Waals surface area contributed by atoms with E-state index in [9.17, 15) is 9.59 Å². The van der Waals surface area contributed by atoms with Crippen molar-refractivity contribution in [2.75, 3.05) is 12.4 Å². The Balaban J connectivity index is 1.74. The zero-order valence-electron chi connectivity index (χ0n) is 15.2. The van der Waals surface area contributed by atoms with Gasteiger partial charge >= 0.3 is 5.97 Å². The molecule has 0 aliphatic heterocycles. The van der Waals surface area contributed by atoms with Gasteiger partial charge in [-0.2, -0.15) is 11.3 Å². The number of carbonyl (C=O) groups excluding carboxylic acids is 2. The maximum atomic E-state index is 12.8. The van der Waals surface area contributed by atoms with Gasteiger partial charge in [-0.3, -0.25) is 4.79 Å². The van der Waals surface area contributed by atoms with E-state index in [4.69, 9.17) is 9.47 Å². The Morgan fingerprint density at radius 2 is 1.79 bits per heavy atom. The maximum Gasteiger partial charge on any atom is 0.331 e. The van der Waals surface area contributed by atoms with Gasteiger partial charge in [0, 0.05) is 17.3 Å². The van der Waals surface area contributed by atoms with Crippen LogP contribution in [0.25, 0.3) is 6.08 Å². The van der Waals surface area contributed by atoms with E-state index >= 15 is 0 Å². The summed E-state index contributed by atoms with van der Waals surface area (Å²) in [4.78, 5) is 25.1. The fraction of sp³-hybridized carbons (Fsp3) is 0.0909. The van der Waals surface area contributed by atoms with Crippen LogP contribution in [0.15, 0.2) is 77.5 Å². The molecule has 28 heavy (non-hydrogen) atoms. The first-order valence-electron chi connectivity index (χ1n) is 8.56. The standard InChI is InChI=1S/C22H19NO4S/c1-26-19-10-8-18(9-11-19)23-22(25)21(17-5-3-2-4-6-17)27-20(24)12-7-16-13-14-28-15-16/h2-15,21H,1H3,(H,23,25)/b12-7+. The van der Waals surface area contributed by atoms with E-state index in [2.05, 4.69) is 5.32 Å². The van der Waals surface area contributed by atoms with Crippen LogP contribution in [0.1, 0.15) is 17.2 Å². The van der Waals surface area contributed by atoms with E-state index in [0.29, 0.717) is 17.0 Å². The summed E-state index contributed by atoms with van der Waals surface area (Å²) in [6, 6.07) is 17.7. The normalized spacial score (nSPS) is 11.8. The Labute approximate surface area is 167 Å². The lowest BCUT2D eigenvalue weighted by molar-refractivity contribution is -0.149. The van der Waals surface area contributed by atoms with Gasteiger partial charge in [0.15, 0.2) is 0 Å². The summed E-state index contributed by atoms with van der Waals surface area (Å²) in [5.41, 5.74) is 2.07. The lowest BCUT2D eigenvalue weighted by atomic mass is 10.1. The molecule has 1 atom stereocenters. The highest BCUT2D eigenvalue weighted by Crippen LogP contribution is 2.22. The molecule has 5 nitrogen and oxygen atoms in total. The SMILES string of the molecule is COc1ccc(NC(=O)C(OC(=O)/C=C/c2ccsc2)c2ccccc2)cc1. The second-order valence-electron chi connectivity index (χ2n) is 5.84. The van der Waals surface area contributed by atoms with E-state index in [1.165, 1.54) is 17.4 Å². The van der Waals surface area contributed by atoms with Crippen LogP contribution >= 0.6 is 11.3 Å². The molecule has 0 saturated carbocycles. The number of hydrogen-bond donors (Lipinski definition) is 1. The molecule has 0 spiro atoms. The number of anilines is 1. The molecular weight excluding hydrogens is 374 g/mol. The van der Waals surface area contributed by atoms with E-state index in [0.717, 1.165) is 5.56 Å². The number of amides is 1. The van der Waals surface area contributed by atoms with E-state index in [1.807, 2.05) is 22.9 Å². The fourth-order valence-corrected chi connectivity index (χ4v) is 3.10. The Hall–Kier alpha value is -3.38. The van der Waals surface area contributed by atoms with Crippen molar-refractivity contribution in [2.45, 2.75) is 6.10 Å². The van der Waals surface area contributed by atoms with Crippen molar-refractivity contribution >= 4 is 35.0 Å². The number of benzene rings is 2. The first-order chi connectivity index (χ1) is 13.7. The Bertz CT molecular complexity index is 934. The van der Waals surface area contributed by atoms with Gasteiger partial charge in [-0.05, 0) is 52.7 Å². The average Bonchev–Trinajstić information content (AvgIpc) is 3.25. The van der Waals surface area contributed by atoms with Crippen molar-refractivity contribution in [3.05, 3.63) is 88.6 Å². The summed E-state index contributed by atoms with van der Waals surface area (Å²) in [5, 5.41) is 6.60. The van der Waals surface area contributed by atoms with Crippen molar-refractivity contribution in [3.8, 4) is 5.75 Å². The van der Waals surface area contributed by atoms with Crippen molar-refractivity contribution in [1.29, 1.82) is 0 Å². The molecule has 3 aromatic rings. The molecule has 6 heteroatoms. The average molecular weight is 393 g/mol. The van der Waals surface area contributed by atoms with Gasteiger partial charge in [-0.15, -0.1) is 0 Å². The largest absolute Gasteiger partial charge is 0.497 e. The summed E-state index contributed by atoms with van der Waals surface area (Å²) >= 11 is 1.53. The van der Waals surface area contributed by atoms with Crippen molar-refractivity contribution in [3.63, 3.8) is 0 Å². The van der Waals surface area contributed by atoms with Crippen LogP contribution in [0.5, 0.6) is 5.75 Å². The Morgan fingerprint density at radius 1 is 1.04 bits per heavy atom. The molecule has 1 N–H and O–H groups in total. The van der Waals surface area contributed by atoms with E-state index in [1.54, 1.807) is 61.7 Å². The third-order valence-electron chi connectivity index (χ3n) is 3.89. The van der Waals surface area contributed by atoms with Gasteiger partial charge < -0.3 is 14.8 Å². The van der Waals surface area contributed by atoms with Crippen LogP contribution in [0, 0.1) is 0 Å². The number of esters is 1. The minimum atomic E-state index is -1.07. The van der Waals surface area contributed by atoms with Crippen molar-refractivity contribution < 1.29 is 19.1 Å². The smallest absolute Gasteiger partial charge is 0.331 e. The minimum absolute atomic E-state index is 0.436. The molecular formula is C22H19NO4S. The third-order valence-corrected chi connectivity index (χ3v) is 4.59. The summed E-state index contributed by atoms with van der Waals surface area (Å²) in [6.07, 6.45) is 1.91. The predicted molar refractivity (Wildman–Crippen MR) is 110 cm³/mol. The summed E-state index contributed by atoms with van der Waals surface area (Å²) in [7, 11) is 1.57. The molecule has 1 aromatic heterocycles. The Kier molecular flexibility index (Phi) is 6.59. The van der Waals surface area contributed by atoms with Gasteiger partial charge in [-0.25, -0.2) is 4.79 Å². The van der Waals surface area contributed by atoms with Crippen LogP contribution in [-0.4, -0.2) is 19.0 Å². The minimum Gasteiger partial charge on any atom is -0.497 e. The van der Waals surface area contributed by atoms with Gasteiger partial charge in [-0.1, -0.05) is 30.3 Å². The topological polar surface area (TPSA) is 64.6 Å². The number of thiophene rings is 1. The van der Waals surface area contributed by atoms with Gasteiger partial charge in [0.2, 0.25) is 6.10 Å². The van der Waals surface area contributed by atoms with E-state index in [-0.39, 0.29) is 0 Å². The molecule has 142 valence electrons. The first-order valence-corrected chi connectivity index (χ1v) is 9.51. The van der Waals surface area contributed by atoms with E-state index < -0.39 is 18.0 Å². The molecule has 0 aliphatic rings. The molecule has 0 saturated heterocycles. The predicted octanol–water partition coefficient (Wildman–Crippen LogP) is 4.69. The van der Waals surface area contributed by atoms with Gasteiger partial charge in [0.05, 0.1) is 7.11 Å². The van der Waals surface area contributed by atoms with Crippen LogP contribution in [0.4, 0.5) is 5.69 Å². The summed E-state index contributed by atoms with van der Waals surface area (Å²) < 4.78 is 10.6. The molecule has 0 bridgehead atoms. The first kappa shape index (κ1) is 19.4. The zero-order valence-corrected chi connectivity index (χ0v) is 16.0. The van der Waals surface area contributed by atoms with Gasteiger partial charge in [0.25, 0.3) is 5.91 Å². The summed E-state index contributed by atoms with van der Waals surface area (Å²) in [6.45, 7) is 0. The number of methoxy groups -OCH3 is 1. The van der Waals surface area contributed by atoms with Crippen molar-refractivity contribution in [2.24, 2.45) is 0 Å². The molecule has 0 fully saturated rings. The molecule has 2 aromatic carbocycles. The molecule has 1 unspecified atom stereocenters. The number of rotatable bonds is 7. The molecule has 1 heterocycles. The highest BCUT2D eigenvalue weighted by Gasteiger charge is 2.24.